The third-order valence-electron chi connectivity index (χ3n) is 8.05. The number of anilines is 1. The van der Waals surface area contributed by atoms with Gasteiger partial charge >= 0.3 is 11.9 Å². The molecule has 0 saturated carbocycles. The Morgan fingerprint density at radius 1 is 1.23 bits per heavy atom. The van der Waals surface area contributed by atoms with Crippen molar-refractivity contribution in [3.8, 4) is 0 Å². The second-order valence-corrected chi connectivity index (χ2v) is 11.5. The summed E-state index contributed by atoms with van der Waals surface area (Å²) in [5, 5.41) is 14.6. The van der Waals surface area contributed by atoms with Gasteiger partial charge in [0.25, 0.3) is 5.92 Å². The van der Waals surface area contributed by atoms with Crippen molar-refractivity contribution in [3.05, 3.63) is 81.0 Å². The molecule has 5 heterocycles. The summed E-state index contributed by atoms with van der Waals surface area (Å²) in [4.78, 5) is 44.9. The maximum Gasteiger partial charge on any atom is 0.338 e. The van der Waals surface area contributed by atoms with Crippen LogP contribution in [0.3, 0.4) is 0 Å². The standard InChI is InChI=1S/C29H28F3N7O4S/c1-3-43-27(42)21-19(36-24(25-33-8-10-44-25)37-22(21)17-5-4-6-18(30)15(17)2)13-38-14-29(31,32)23-20(38)7-9-39(23)28-34-11-16(12-35-28)26(40)41/h4-6,8,10-12,20,22-23H,3,7,9,13-14H2,1-2H3,(H,36,37)(H,40,41)/t20-,22-,23+/m0/s1. The van der Waals surface area contributed by atoms with Gasteiger partial charge in [-0.3, -0.25) is 9.89 Å². The van der Waals surface area contributed by atoms with E-state index in [0.29, 0.717) is 34.1 Å². The third kappa shape index (κ3) is 5.30. The lowest BCUT2D eigenvalue weighted by molar-refractivity contribution is -0.139. The topological polar surface area (TPSA) is 133 Å². The van der Waals surface area contributed by atoms with Crippen LogP contribution in [0.25, 0.3) is 0 Å². The molecule has 3 aliphatic heterocycles. The summed E-state index contributed by atoms with van der Waals surface area (Å²) in [7, 11) is 0. The maximum atomic E-state index is 15.7. The molecule has 0 unspecified atom stereocenters. The number of hydrogen-bond acceptors (Lipinski definition) is 11. The molecule has 0 spiro atoms. The fourth-order valence-corrected chi connectivity index (χ4v) is 6.68. The van der Waals surface area contributed by atoms with Gasteiger partial charge in [-0.15, -0.1) is 11.3 Å². The average molecular weight is 628 g/mol. The number of thiazole rings is 1. The summed E-state index contributed by atoms with van der Waals surface area (Å²) in [5.41, 5.74) is 1.02. The molecule has 15 heteroatoms. The Morgan fingerprint density at radius 3 is 2.68 bits per heavy atom. The van der Waals surface area contributed by atoms with E-state index in [4.69, 9.17) is 14.8 Å². The van der Waals surface area contributed by atoms with Crippen molar-refractivity contribution in [2.45, 2.75) is 44.3 Å². The number of hydrogen-bond donors (Lipinski definition) is 2. The predicted octanol–water partition coefficient (Wildman–Crippen LogP) is 3.59. The van der Waals surface area contributed by atoms with Crippen molar-refractivity contribution < 1.29 is 32.6 Å². The van der Waals surface area contributed by atoms with Crippen molar-refractivity contribution >= 4 is 35.1 Å². The van der Waals surface area contributed by atoms with E-state index in [1.54, 1.807) is 36.4 Å². The van der Waals surface area contributed by atoms with Gasteiger partial charge in [0.1, 0.15) is 17.9 Å². The molecule has 2 fully saturated rings. The molecule has 0 aliphatic carbocycles. The van der Waals surface area contributed by atoms with Crippen LogP contribution in [-0.4, -0.2) is 87.0 Å². The second kappa shape index (κ2) is 11.6. The molecule has 3 aromatic rings. The number of amidine groups is 1. The van der Waals surface area contributed by atoms with Crippen LogP contribution in [-0.2, 0) is 9.53 Å². The highest BCUT2D eigenvalue weighted by Crippen LogP contribution is 2.44. The number of ether oxygens (including phenoxy) is 1. The van der Waals surface area contributed by atoms with Crippen molar-refractivity contribution in [2.75, 3.05) is 31.1 Å². The first-order chi connectivity index (χ1) is 21.1. The molecule has 11 nitrogen and oxygen atoms in total. The molecule has 3 aliphatic rings. The summed E-state index contributed by atoms with van der Waals surface area (Å²) < 4.78 is 51.6. The van der Waals surface area contributed by atoms with Gasteiger partial charge < -0.3 is 20.1 Å². The van der Waals surface area contributed by atoms with Gasteiger partial charge in [0, 0.05) is 48.8 Å². The molecule has 6 rings (SSSR count). The van der Waals surface area contributed by atoms with E-state index in [1.165, 1.54) is 28.4 Å². The van der Waals surface area contributed by atoms with E-state index >= 15 is 8.78 Å². The van der Waals surface area contributed by atoms with E-state index in [2.05, 4.69) is 20.3 Å². The number of likely N-dealkylation sites (tertiary alicyclic amines) is 1. The highest BCUT2D eigenvalue weighted by molar-refractivity contribution is 7.11. The molecule has 44 heavy (non-hydrogen) atoms. The van der Waals surface area contributed by atoms with E-state index < -0.39 is 48.3 Å². The Labute approximate surface area is 254 Å². The number of halogens is 3. The number of carbonyl (C=O) groups excluding carboxylic acids is 1. The first kappa shape index (κ1) is 29.7. The Morgan fingerprint density at radius 2 is 2.00 bits per heavy atom. The van der Waals surface area contributed by atoms with Crippen LogP contribution in [0, 0.1) is 12.7 Å². The third-order valence-corrected chi connectivity index (χ3v) is 8.83. The summed E-state index contributed by atoms with van der Waals surface area (Å²) in [6.07, 6.45) is 4.14. The van der Waals surface area contributed by atoms with Crippen LogP contribution >= 0.6 is 11.3 Å². The molecule has 2 saturated heterocycles. The summed E-state index contributed by atoms with van der Waals surface area (Å²) in [5.74, 6) is -5.20. The molecule has 3 atom stereocenters. The van der Waals surface area contributed by atoms with Crippen molar-refractivity contribution in [3.63, 3.8) is 0 Å². The van der Waals surface area contributed by atoms with Gasteiger partial charge in [-0.1, -0.05) is 12.1 Å². The molecular weight excluding hydrogens is 599 g/mol. The van der Waals surface area contributed by atoms with Gasteiger partial charge in [0.15, 0.2) is 10.8 Å². The minimum Gasteiger partial charge on any atom is -0.478 e. The fraction of sp³-hybridized carbons (Fsp3) is 0.379. The monoisotopic (exact) mass is 627 g/mol. The number of rotatable bonds is 8. The van der Waals surface area contributed by atoms with Gasteiger partial charge in [-0.2, -0.15) is 0 Å². The number of carboxylic acids is 1. The largest absolute Gasteiger partial charge is 0.478 e. The highest BCUT2D eigenvalue weighted by Gasteiger charge is 2.60. The number of alkyl halides is 2. The fourth-order valence-electron chi connectivity index (χ4n) is 6.09. The molecule has 0 amide bonds. The first-order valence-corrected chi connectivity index (χ1v) is 14.8. The van der Waals surface area contributed by atoms with Crippen LogP contribution in [0.5, 0.6) is 0 Å². The lowest BCUT2D eigenvalue weighted by Crippen LogP contribution is -2.46. The Hall–Kier alpha value is -4.37. The number of benzene rings is 1. The van der Waals surface area contributed by atoms with Gasteiger partial charge in [-0.05, 0) is 37.5 Å². The van der Waals surface area contributed by atoms with Crippen molar-refractivity contribution in [1.82, 2.24) is 25.2 Å². The van der Waals surface area contributed by atoms with Gasteiger partial charge in [0.2, 0.25) is 5.95 Å². The molecule has 2 N–H and O–H groups in total. The number of carbonyl (C=O) groups is 2. The lowest BCUT2D eigenvalue weighted by Gasteiger charge is -2.31. The van der Waals surface area contributed by atoms with Crippen LogP contribution < -0.4 is 10.2 Å². The first-order valence-electron chi connectivity index (χ1n) is 13.9. The number of aromatic carboxylic acids is 1. The molecule has 1 aromatic carbocycles. The van der Waals surface area contributed by atoms with Crippen LogP contribution in [0.15, 0.2) is 58.4 Å². The molecule has 0 radical (unpaired) electrons. The number of fused-ring (bicyclic) bond motifs is 1. The number of esters is 1. The molecule has 0 bridgehead atoms. The van der Waals surface area contributed by atoms with E-state index in [9.17, 15) is 14.0 Å². The Bertz CT molecular complexity index is 1650. The number of nitrogens with one attached hydrogen (secondary N) is 1. The zero-order valence-electron chi connectivity index (χ0n) is 23.7. The average Bonchev–Trinajstić information content (AvgIpc) is 3.74. The minimum atomic E-state index is -3.18. The summed E-state index contributed by atoms with van der Waals surface area (Å²) >= 11 is 1.31. The number of aliphatic imine (C=N–C) groups is 1. The predicted molar refractivity (Wildman–Crippen MR) is 154 cm³/mol. The number of carboxylic acid groups (broad SMARTS) is 1. The summed E-state index contributed by atoms with van der Waals surface area (Å²) in [6, 6.07) is 1.64. The van der Waals surface area contributed by atoms with Crippen LogP contribution in [0.2, 0.25) is 0 Å². The molecule has 230 valence electrons. The lowest BCUT2D eigenvalue weighted by atomic mass is 9.92. The maximum absolute atomic E-state index is 15.7. The van der Waals surface area contributed by atoms with Gasteiger partial charge in [-0.25, -0.2) is 37.7 Å². The second-order valence-electron chi connectivity index (χ2n) is 10.6. The van der Waals surface area contributed by atoms with E-state index in [0.717, 1.165) is 12.4 Å². The number of aromatic nitrogens is 3. The smallest absolute Gasteiger partial charge is 0.338 e. The minimum absolute atomic E-state index is 0.0195. The Kier molecular flexibility index (Phi) is 7.84. The normalized spacial score (nSPS) is 22.9. The number of nitrogens with zero attached hydrogens (tertiary/aromatic N) is 6. The van der Waals surface area contributed by atoms with Crippen LogP contribution in [0.4, 0.5) is 19.1 Å². The molecular formula is C29H28F3N7O4S. The van der Waals surface area contributed by atoms with E-state index in [-0.39, 0.29) is 36.8 Å². The van der Waals surface area contributed by atoms with Gasteiger partial charge in [0.05, 0.1) is 24.3 Å². The zero-order valence-corrected chi connectivity index (χ0v) is 24.5. The molecule has 2 aromatic heterocycles. The van der Waals surface area contributed by atoms with E-state index in [1.807, 2.05) is 0 Å². The summed E-state index contributed by atoms with van der Waals surface area (Å²) in [6.45, 7) is 2.85. The SMILES string of the molecule is CCOC(=O)C1=C(CN2CC(F)(F)[C@H]3[C@@H]2CCN3c2ncc(C(=O)O)cn2)NC(c2nccs2)=N[C@H]1c1cccc(F)c1C. The highest BCUT2D eigenvalue weighted by atomic mass is 32.1. The Balaban J connectivity index is 1.38. The van der Waals surface area contributed by atoms with Crippen molar-refractivity contribution in [1.29, 1.82) is 0 Å². The zero-order chi connectivity index (χ0) is 31.2. The quantitative estimate of drug-likeness (QED) is 0.357. The van der Waals surface area contributed by atoms with Crippen molar-refractivity contribution in [2.24, 2.45) is 4.99 Å². The van der Waals surface area contributed by atoms with Crippen LogP contribution in [0.1, 0.15) is 45.9 Å².